The second kappa shape index (κ2) is 3.26. The SMILES string of the molecule is COc1cc(C)c2c(c1)c(C1(N)CC1)cn2C. The van der Waals surface area contributed by atoms with Crippen LogP contribution in [0.4, 0.5) is 0 Å². The third kappa shape index (κ3) is 1.46. The van der Waals surface area contributed by atoms with Crippen LogP contribution >= 0.6 is 0 Å². The Morgan fingerprint density at radius 3 is 2.65 bits per heavy atom. The molecule has 3 rings (SSSR count). The summed E-state index contributed by atoms with van der Waals surface area (Å²) in [5.41, 5.74) is 9.99. The van der Waals surface area contributed by atoms with Gasteiger partial charge in [-0.3, -0.25) is 0 Å². The average molecular weight is 230 g/mol. The minimum Gasteiger partial charge on any atom is -0.497 e. The van der Waals surface area contributed by atoms with Crippen molar-refractivity contribution in [1.29, 1.82) is 0 Å². The lowest BCUT2D eigenvalue weighted by Crippen LogP contribution is -2.18. The highest BCUT2D eigenvalue weighted by Crippen LogP contribution is 2.46. The van der Waals surface area contributed by atoms with Gasteiger partial charge >= 0.3 is 0 Å². The van der Waals surface area contributed by atoms with Gasteiger partial charge in [0.15, 0.2) is 0 Å². The molecule has 1 fully saturated rings. The van der Waals surface area contributed by atoms with Crippen LogP contribution in [0.3, 0.4) is 0 Å². The third-order valence-corrected chi connectivity index (χ3v) is 3.80. The Bertz CT molecular complexity index is 594. The molecule has 2 aromatic rings. The largest absolute Gasteiger partial charge is 0.497 e. The number of nitrogens with two attached hydrogens (primary N) is 1. The normalized spacial score (nSPS) is 17.4. The Labute approximate surface area is 101 Å². The highest BCUT2D eigenvalue weighted by atomic mass is 16.5. The molecule has 1 aromatic carbocycles. The first-order chi connectivity index (χ1) is 8.05. The molecule has 1 aliphatic rings. The minimum atomic E-state index is -0.0989. The second-order valence-electron chi connectivity index (χ2n) is 5.15. The van der Waals surface area contributed by atoms with Crippen LogP contribution < -0.4 is 10.5 Å². The van der Waals surface area contributed by atoms with Gasteiger partial charge in [-0.05, 0) is 43.0 Å². The van der Waals surface area contributed by atoms with E-state index in [-0.39, 0.29) is 5.54 Å². The molecule has 0 bridgehead atoms. The van der Waals surface area contributed by atoms with E-state index in [1.807, 2.05) is 0 Å². The van der Waals surface area contributed by atoms with Crippen molar-refractivity contribution in [3.05, 3.63) is 29.5 Å². The molecular weight excluding hydrogens is 212 g/mol. The van der Waals surface area contributed by atoms with Gasteiger partial charge in [0.1, 0.15) is 5.75 Å². The number of rotatable bonds is 2. The smallest absolute Gasteiger partial charge is 0.119 e. The molecule has 3 nitrogen and oxygen atoms in total. The van der Waals surface area contributed by atoms with Gasteiger partial charge < -0.3 is 15.0 Å². The maximum absolute atomic E-state index is 6.33. The predicted molar refractivity (Wildman–Crippen MR) is 69.3 cm³/mol. The molecule has 1 saturated carbocycles. The summed E-state index contributed by atoms with van der Waals surface area (Å²) < 4.78 is 7.52. The zero-order valence-electron chi connectivity index (χ0n) is 10.6. The van der Waals surface area contributed by atoms with Crippen molar-refractivity contribution in [2.24, 2.45) is 12.8 Å². The molecule has 0 saturated heterocycles. The Hall–Kier alpha value is -1.48. The predicted octanol–water partition coefficient (Wildman–Crippen LogP) is 2.44. The van der Waals surface area contributed by atoms with Crippen molar-refractivity contribution in [3.8, 4) is 5.75 Å². The van der Waals surface area contributed by atoms with Gasteiger partial charge in [-0.2, -0.15) is 0 Å². The first-order valence-corrected chi connectivity index (χ1v) is 5.98. The van der Waals surface area contributed by atoms with Crippen molar-refractivity contribution in [3.63, 3.8) is 0 Å². The molecule has 3 heteroatoms. The maximum atomic E-state index is 6.33. The molecule has 1 aromatic heterocycles. The Balaban J connectivity index is 2.34. The molecule has 1 aliphatic carbocycles. The first-order valence-electron chi connectivity index (χ1n) is 5.98. The molecule has 0 spiro atoms. The van der Waals surface area contributed by atoms with E-state index >= 15 is 0 Å². The number of ether oxygens (including phenoxy) is 1. The molecular formula is C14H18N2O. The van der Waals surface area contributed by atoms with Crippen molar-refractivity contribution in [2.45, 2.75) is 25.3 Å². The monoisotopic (exact) mass is 230 g/mol. The minimum absolute atomic E-state index is 0.0989. The number of benzene rings is 1. The van der Waals surface area contributed by atoms with Gasteiger partial charge in [-0.15, -0.1) is 0 Å². The van der Waals surface area contributed by atoms with Crippen LogP contribution in [0.2, 0.25) is 0 Å². The molecule has 0 radical (unpaired) electrons. The molecule has 1 heterocycles. The lowest BCUT2D eigenvalue weighted by atomic mass is 10.0. The van der Waals surface area contributed by atoms with Gasteiger partial charge in [0.25, 0.3) is 0 Å². The number of nitrogens with zero attached hydrogens (tertiary/aromatic N) is 1. The summed E-state index contributed by atoms with van der Waals surface area (Å²) in [6.07, 6.45) is 4.34. The van der Waals surface area contributed by atoms with Crippen molar-refractivity contribution in [2.75, 3.05) is 7.11 Å². The fourth-order valence-corrected chi connectivity index (χ4v) is 2.67. The van der Waals surface area contributed by atoms with Gasteiger partial charge in [0.05, 0.1) is 12.6 Å². The van der Waals surface area contributed by atoms with Crippen molar-refractivity contribution >= 4 is 10.9 Å². The molecule has 17 heavy (non-hydrogen) atoms. The van der Waals surface area contributed by atoms with Crippen LogP contribution in [0, 0.1) is 6.92 Å². The Kier molecular flexibility index (Phi) is 2.05. The van der Waals surface area contributed by atoms with Crippen LogP contribution in [0.5, 0.6) is 5.75 Å². The summed E-state index contributed by atoms with van der Waals surface area (Å²) >= 11 is 0. The Morgan fingerprint density at radius 2 is 2.06 bits per heavy atom. The first kappa shape index (κ1) is 10.7. The summed E-state index contributed by atoms with van der Waals surface area (Å²) in [5, 5.41) is 1.24. The number of aromatic nitrogens is 1. The number of aryl methyl sites for hydroxylation is 2. The fraction of sp³-hybridized carbons (Fsp3) is 0.429. The zero-order chi connectivity index (χ0) is 12.2. The zero-order valence-corrected chi connectivity index (χ0v) is 10.6. The number of hydrogen-bond acceptors (Lipinski definition) is 2. The summed E-state index contributed by atoms with van der Waals surface area (Å²) in [5.74, 6) is 0.909. The third-order valence-electron chi connectivity index (χ3n) is 3.80. The number of methoxy groups -OCH3 is 1. The summed E-state index contributed by atoms with van der Waals surface area (Å²) in [6, 6.07) is 4.17. The molecule has 0 unspecified atom stereocenters. The highest BCUT2D eigenvalue weighted by Gasteiger charge is 2.42. The van der Waals surface area contributed by atoms with Gasteiger partial charge in [-0.1, -0.05) is 0 Å². The van der Waals surface area contributed by atoms with Gasteiger partial charge in [0.2, 0.25) is 0 Å². The number of fused-ring (bicyclic) bond motifs is 1. The van der Waals surface area contributed by atoms with Crippen LogP contribution in [0.25, 0.3) is 10.9 Å². The Morgan fingerprint density at radius 1 is 1.35 bits per heavy atom. The quantitative estimate of drug-likeness (QED) is 0.860. The second-order valence-corrected chi connectivity index (χ2v) is 5.15. The van der Waals surface area contributed by atoms with Crippen LogP contribution in [-0.2, 0) is 12.6 Å². The van der Waals surface area contributed by atoms with Crippen molar-refractivity contribution < 1.29 is 4.74 Å². The van der Waals surface area contributed by atoms with Gasteiger partial charge in [0, 0.05) is 24.2 Å². The average Bonchev–Trinajstić information content (AvgIpc) is 2.94. The summed E-state index contributed by atoms with van der Waals surface area (Å²) in [7, 11) is 3.79. The van der Waals surface area contributed by atoms with E-state index in [1.54, 1.807) is 7.11 Å². The molecule has 0 atom stereocenters. The van der Waals surface area contributed by atoms with E-state index in [2.05, 4.69) is 36.9 Å². The molecule has 0 aliphatic heterocycles. The van der Waals surface area contributed by atoms with E-state index in [0.717, 1.165) is 18.6 Å². The molecule has 2 N–H and O–H groups in total. The lowest BCUT2D eigenvalue weighted by molar-refractivity contribution is 0.415. The van der Waals surface area contributed by atoms with E-state index in [9.17, 15) is 0 Å². The van der Waals surface area contributed by atoms with E-state index in [4.69, 9.17) is 10.5 Å². The van der Waals surface area contributed by atoms with Crippen LogP contribution in [0.1, 0.15) is 24.0 Å². The summed E-state index contributed by atoms with van der Waals surface area (Å²) in [6.45, 7) is 2.12. The fourth-order valence-electron chi connectivity index (χ4n) is 2.67. The summed E-state index contributed by atoms with van der Waals surface area (Å²) in [4.78, 5) is 0. The van der Waals surface area contributed by atoms with Crippen LogP contribution in [0.15, 0.2) is 18.3 Å². The van der Waals surface area contributed by atoms with Gasteiger partial charge in [-0.25, -0.2) is 0 Å². The molecule has 90 valence electrons. The van der Waals surface area contributed by atoms with Crippen molar-refractivity contribution in [1.82, 2.24) is 4.57 Å². The highest BCUT2D eigenvalue weighted by molar-refractivity contribution is 5.89. The van der Waals surface area contributed by atoms with Crippen LogP contribution in [-0.4, -0.2) is 11.7 Å². The van der Waals surface area contributed by atoms with E-state index in [1.165, 1.54) is 22.0 Å². The lowest BCUT2D eigenvalue weighted by Gasteiger charge is -2.08. The topological polar surface area (TPSA) is 40.2 Å². The van der Waals surface area contributed by atoms with E-state index in [0.29, 0.717) is 0 Å². The molecule has 0 amide bonds. The maximum Gasteiger partial charge on any atom is 0.119 e. The standard InChI is InChI=1S/C14H18N2O/c1-9-6-10(17-3)7-11-12(14(15)4-5-14)8-16(2)13(9)11/h6-8H,4-5,15H2,1-3H3. The number of hydrogen-bond donors (Lipinski definition) is 1. The van der Waals surface area contributed by atoms with E-state index < -0.39 is 0 Å².